The van der Waals surface area contributed by atoms with E-state index < -0.39 is 0 Å². The monoisotopic (exact) mass is 254 g/mol. The number of hydrogen-bond acceptors (Lipinski definition) is 2. The summed E-state index contributed by atoms with van der Waals surface area (Å²) < 4.78 is 0. The minimum atomic E-state index is 0.616. The number of nitrogens with one attached hydrogen (secondary N) is 1. The van der Waals surface area contributed by atoms with Gasteiger partial charge < -0.3 is 10.2 Å². The molecule has 0 aromatic rings. The van der Waals surface area contributed by atoms with Crippen LogP contribution in [-0.4, -0.2) is 37.1 Å². The van der Waals surface area contributed by atoms with Crippen molar-refractivity contribution in [2.75, 3.05) is 26.2 Å². The molecule has 1 N–H and O–H groups in total. The van der Waals surface area contributed by atoms with E-state index in [1.165, 1.54) is 51.7 Å². The van der Waals surface area contributed by atoms with Gasteiger partial charge in [-0.3, -0.25) is 0 Å². The van der Waals surface area contributed by atoms with Crippen LogP contribution in [0.2, 0.25) is 0 Å². The van der Waals surface area contributed by atoms with Crippen molar-refractivity contribution in [1.29, 1.82) is 0 Å². The Labute approximate surface area is 115 Å². The molecule has 1 saturated heterocycles. The van der Waals surface area contributed by atoms with E-state index in [9.17, 15) is 0 Å². The average Bonchev–Trinajstić information content (AvgIpc) is 2.53. The summed E-state index contributed by atoms with van der Waals surface area (Å²) in [6, 6.07) is 0.616. The Bertz CT molecular complexity index is 203. The predicted molar refractivity (Wildman–Crippen MR) is 81.0 cm³/mol. The Balaban J connectivity index is 2.21. The Morgan fingerprint density at radius 2 is 1.94 bits per heavy atom. The summed E-state index contributed by atoms with van der Waals surface area (Å²) in [6.45, 7) is 14.3. The highest BCUT2D eigenvalue weighted by atomic mass is 15.1. The fraction of sp³-hybridized carbons (Fsp3) is 1.00. The first-order valence-corrected chi connectivity index (χ1v) is 8.07. The van der Waals surface area contributed by atoms with Gasteiger partial charge in [-0.1, -0.05) is 40.5 Å². The van der Waals surface area contributed by atoms with Crippen molar-refractivity contribution in [3.63, 3.8) is 0 Å². The Morgan fingerprint density at radius 3 is 2.61 bits per heavy atom. The van der Waals surface area contributed by atoms with E-state index in [0.29, 0.717) is 6.04 Å². The van der Waals surface area contributed by atoms with Gasteiger partial charge in [-0.15, -0.1) is 0 Å². The summed E-state index contributed by atoms with van der Waals surface area (Å²) >= 11 is 0. The molecule has 2 nitrogen and oxygen atoms in total. The highest BCUT2D eigenvalue weighted by molar-refractivity contribution is 4.72. The lowest BCUT2D eigenvalue weighted by Gasteiger charge is -2.25. The molecule has 0 aromatic carbocycles. The SMILES string of the molecule is CCCC1CCCN(CC(C)CNC(C)C)CC1. The number of nitrogens with zero attached hydrogens (tertiary/aromatic N) is 1. The standard InChI is InChI=1S/C16H34N2/c1-5-7-16-8-6-10-18(11-9-16)13-15(4)12-17-14(2)3/h14-17H,5-13H2,1-4H3. The van der Waals surface area contributed by atoms with Gasteiger partial charge in [0.1, 0.15) is 0 Å². The third kappa shape index (κ3) is 6.75. The Hall–Kier alpha value is -0.0800. The molecule has 18 heavy (non-hydrogen) atoms. The maximum absolute atomic E-state index is 3.55. The summed E-state index contributed by atoms with van der Waals surface area (Å²) in [5, 5.41) is 3.55. The second-order valence-electron chi connectivity index (χ2n) is 6.55. The zero-order chi connectivity index (χ0) is 13.4. The first-order chi connectivity index (χ1) is 8.61. The normalized spacial score (nSPS) is 24.2. The van der Waals surface area contributed by atoms with E-state index in [0.717, 1.165) is 18.4 Å². The molecular weight excluding hydrogens is 220 g/mol. The van der Waals surface area contributed by atoms with E-state index in [1.807, 2.05) is 0 Å². The highest BCUT2D eigenvalue weighted by Crippen LogP contribution is 2.22. The van der Waals surface area contributed by atoms with Gasteiger partial charge in [0.15, 0.2) is 0 Å². The van der Waals surface area contributed by atoms with Gasteiger partial charge >= 0.3 is 0 Å². The van der Waals surface area contributed by atoms with Gasteiger partial charge in [0, 0.05) is 12.6 Å². The van der Waals surface area contributed by atoms with E-state index in [1.54, 1.807) is 0 Å². The van der Waals surface area contributed by atoms with Crippen LogP contribution < -0.4 is 5.32 Å². The van der Waals surface area contributed by atoms with Crippen LogP contribution in [0.25, 0.3) is 0 Å². The van der Waals surface area contributed by atoms with Gasteiger partial charge in [-0.25, -0.2) is 0 Å². The van der Waals surface area contributed by atoms with Crippen LogP contribution in [0.15, 0.2) is 0 Å². The molecule has 0 saturated carbocycles. The van der Waals surface area contributed by atoms with Crippen LogP contribution >= 0.6 is 0 Å². The van der Waals surface area contributed by atoms with Gasteiger partial charge in [0.2, 0.25) is 0 Å². The lowest BCUT2D eigenvalue weighted by molar-refractivity contribution is 0.237. The average molecular weight is 254 g/mol. The molecule has 0 bridgehead atoms. The predicted octanol–water partition coefficient (Wildman–Crippen LogP) is 3.52. The number of likely N-dealkylation sites (tertiary alicyclic amines) is 1. The van der Waals surface area contributed by atoms with Crippen LogP contribution in [0.4, 0.5) is 0 Å². The van der Waals surface area contributed by atoms with Crippen LogP contribution in [-0.2, 0) is 0 Å². The molecule has 0 aliphatic carbocycles. The van der Waals surface area contributed by atoms with Gasteiger partial charge in [-0.2, -0.15) is 0 Å². The van der Waals surface area contributed by atoms with E-state index in [2.05, 4.69) is 37.9 Å². The lowest BCUT2D eigenvalue weighted by atomic mass is 9.96. The number of hydrogen-bond donors (Lipinski definition) is 1. The topological polar surface area (TPSA) is 15.3 Å². The minimum absolute atomic E-state index is 0.616. The molecule has 0 spiro atoms. The smallest absolute Gasteiger partial charge is 0.00191 e. The molecule has 2 heteroatoms. The minimum Gasteiger partial charge on any atom is -0.314 e. The van der Waals surface area contributed by atoms with Crippen molar-refractivity contribution in [2.24, 2.45) is 11.8 Å². The van der Waals surface area contributed by atoms with E-state index in [4.69, 9.17) is 0 Å². The summed E-state index contributed by atoms with van der Waals surface area (Å²) in [5.74, 6) is 1.78. The second kappa shape index (κ2) is 8.92. The molecule has 0 aromatic heterocycles. The fourth-order valence-corrected chi connectivity index (χ4v) is 3.05. The molecule has 1 fully saturated rings. The van der Waals surface area contributed by atoms with Gasteiger partial charge in [-0.05, 0) is 50.7 Å². The van der Waals surface area contributed by atoms with Crippen LogP contribution in [0.5, 0.6) is 0 Å². The molecule has 0 radical (unpaired) electrons. The molecule has 1 aliphatic rings. The zero-order valence-electron chi connectivity index (χ0n) is 13.0. The summed E-state index contributed by atoms with van der Waals surface area (Å²) in [4.78, 5) is 2.70. The Morgan fingerprint density at radius 1 is 1.17 bits per heavy atom. The summed E-state index contributed by atoms with van der Waals surface area (Å²) in [5.41, 5.74) is 0. The van der Waals surface area contributed by atoms with Crippen molar-refractivity contribution in [2.45, 2.75) is 65.8 Å². The lowest BCUT2D eigenvalue weighted by Crippen LogP contribution is -2.36. The summed E-state index contributed by atoms with van der Waals surface area (Å²) in [7, 11) is 0. The molecule has 1 heterocycles. The van der Waals surface area contributed by atoms with Crippen LogP contribution in [0, 0.1) is 11.8 Å². The van der Waals surface area contributed by atoms with Crippen LogP contribution in [0.3, 0.4) is 0 Å². The molecule has 108 valence electrons. The molecule has 2 atom stereocenters. The maximum atomic E-state index is 3.55. The molecule has 2 unspecified atom stereocenters. The van der Waals surface area contributed by atoms with Crippen molar-refractivity contribution < 1.29 is 0 Å². The van der Waals surface area contributed by atoms with Gasteiger partial charge in [0.25, 0.3) is 0 Å². The zero-order valence-corrected chi connectivity index (χ0v) is 13.0. The van der Waals surface area contributed by atoms with Gasteiger partial charge in [0.05, 0.1) is 0 Å². The van der Waals surface area contributed by atoms with Crippen molar-refractivity contribution in [3.05, 3.63) is 0 Å². The van der Waals surface area contributed by atoms with Crippen molar-refractivity contribution >= 4 is 0 Å². The van der Waals surface area contributed by atoms with E-state index >= 15 is 0 Å². The third-order valence-electron chi connectivity index (χ3n) is 4.08. The third-order valence-corrected chi connectivity index (χ3v) is 4.08. The quantitative estimate of drug-likeness (QED) is 0.748. The maximum Gasteiger partial charge on any atom is 0.00191 e. The first-order valence-electron chi connectivity index (χ1n) is 8.07. The summed E-state index contributed by atoms with van der Waals surface area (Å²) in [6.07, 6.45) is 7.10. The first kappa shape index (κ1) is 16.0. The molecule has 0 amide bonds. The van der Waals surface area contributed by atoms with E-state index in [-0.39, 0.29) is 0 Å². The van der Waals surface area contributed by atoms with Crippen molar-refractivity contribution in [3.8, 4) is 0 Å². The van der Waals surface area contributed by atoms with Crippen molar-refractivity contribution in [1.82, 2.24) is 10.2 Å². The molecule has 1 aliphatic heterocycles. The molecule has 1 rings (SSSR count). The largest absolute Gasteiger partial charge is 0.314 e. The number of rotatable bonds is 7. The second-order valence-corrected chi connectivity index (χ2v) is 6.55. The Kier molecular flexibility index (Phi) is 7.92. The molecular formula is C16H34N2. The van der Waals surface area contributed by atoms with Crippen LogP contribution in [0.1, 0.15) is 59.8 Å². The fourth-order valence-electron chi connectivity index (χ4n) is 3.05. The highest BCUT2D eigenvalue weighted by Gasteiger charge is 2.17.